The predicted octanol–water partition coefficient (Wildman–Crippen LogP) is 4.55. The third kappa shape index (κ3) is 2.58. The Morgan fingerprint density at radius 3 is 2.60 bits per heavy atom. The van der Waals surface area contributed by atoms with Crippen LogP contribution in [0.15, 0.2) is 48.5 Å². The molecule has 1 aliphatic carbocycles. The molecule has 1 saturated heterocycles. The molecule has 2 aromatic carbocycles. The van der Waals surface area contributed by atoms with E-state index in [0.29, 0.717) is 11.8 Å². The highest BCUT2D eigenvalue weighted by Gasteiger charge is 2.55. The van der Waals surface area contributed by atoms with E-state index in [1.807, 2.05) is 12.1 Å². The second kappa shape index (κ2) is 5.88. The maximum atomic E-state index is 9.97. The number of benzene rings is 2. The van der Waals surface area contributed by atoms with E-state index in [-0.39, 0.29) is 10.8 Å². The van der Waals surface area contributed by atoms with Crippen molar-refractivity contribution >= 4 is 0 Å². The second-order valence-electron chi connectivity index (χ2n) is 8.64. The van der Waals surface area contributed by atoms with E-state index in [9.17, 15) is 5.11 Å². The third-order valence-corrected chi connectivity index (χ3v) is 7.22. The van der Waals surface area contributed by atoms with Crippen molar-refractivity contribution in [3.63, 3.8) is 0 Å². The van der Waals surface area contributed by atoms with Crippen LogP contribution in [-0.2, 0) is 18.3 Å². The molecule has 0 saturated carbocycles. The van der Waals surface area contributed by atoms with Gasteiger partial charge in [-0.2, -0.15) is 0 Å². The quantitative estimate of drug-likeness (QED) is 0.889. The van der Waals surface area contributed by atoms with Crippen LogP contribution < -0.4 is 0 Å². The van der Waals surface area contributed by atoms with E-state index >= 15 is 0 Å². The highest BCUT2D eigenvalue weighted by Crippen LogP contribution is 2.56. The molecule has 1 N–H and O–H groups in total. The van der Waals surface area contributed by atoms with Gasteiger partial charge in [0.1, 0.15) is 5.75 Å². The summed E-state index contributed by atoms with van der Waals surface area (Å²) in [7, 11) is 0. The molecule has 25 heavy (non-hydrogen) atoms. The monoisotopic (exact) mass is 335 g/mol. The first kappa shape index (κ1) is 16.7. The van der Waals surface area contributed by atoms with Crippen LogP contribution in [-0.4, -0.2) is 29.1 Å². The molecular weight excluding hydrogens is 306 g/mol. The van der Waals surface area contributed by atoms with Gasteiger partial charge in [0, 0.05) is 18.0 Å². The topological polar surface area (TPSA) is 23.5 Å². The standard InChI is InChI=1S/C23H29NO/c1-22(2)21-16-18-15-19(25)9-10-20(18)23(22,3)12-14-24(21)13-11-17-7-5-4-6-8-17/h4-10,15,21,25H,11-14,16H2,1-3H3/t21-,23?/m1/s1. The first-order valence-corrected chi connectivity index (χ1v) is 9.52. The molecule has 1 heterocycles. The van der Waals surface area contributed by atoms with Crippen molar-refractivity contribution in [2.24, 2.45) is 5.41 Å². The Morgan fingerprint density at radius 2 is 1.84 bits per heavy atom. The molecule has 2 aromatic rings. The predicted molar refractivity (Wildman–Crippen MR) is 103 cm³/mol. The minimum atomic E-state index is 0.183. The number of likely N-dealkylation sites (tertiary alicyclic amines) is 1. The van der Waals surface area contributed by atoms with E-state index in [4.69, 9.17) is 0 Å². The van der Waals surface area contributed by atoms with Gasteiger partial charge in [0.05, 0.1) is 0 Å². The van der Waals surface area contributed by atoms with Crippen LogP contribution >= 0.6 is 0 Å². The molecule has 1 unspecified atom stereocenters. The van der Waals surface area contributed by atoms with E-state index in [0.717, 1.165) is 25.9 Å². The van der Waals surface area contributed by atoms with Crippen molar-refractivity contribution in [2.75, 3.05) is 13.1 Å². The van der Waals surface area contributed by atoms with Crippen LogP contribution in [0, 0.1) is 5.41 Å². The summed E-state index contributed by atoms with van der Waals surface area (Å²) in [4.78, 5) is 2.70. The summed E-state index contributed by atoms with van der Waals surface area (Å²) >= 11 is 0. The van der Waals surface area contributed by atoms with Gasteiger partial charge in [0.15, 0.2) is 0 Å². The zero-order valence-corrected chi connectivity index (χ0v) is 15.6. The summed E-state index contributed by atoms with van der Waals surface area (Å²) in [6, 6.07) is 17.4. The minimum absolute atomic E-state index is 0.183. The number of piperidine rings is 1. The first-order chi connectivity index (χ1) is 11.9. The summed E-state index contributed by atoms with van der Waals surface area (Å²) in [5.41, 5.74) is 4.63. The first-order valence-electron chi connectivity index (χ1n) is 9.52. The van der Waals surface area contributed by atoms with Gasteiger partial charge in [0.25, 0.3) is 0 Å². The molecule has 0 radical (unpaired) electrons. The molecule has 0 aromatic heterocycles. The number of nitrogens with zero attached hydrogens (tertiary/aromatic N) is 1. The molecule has 4 rings (SSSR count). The fourth-order valence-electron chi connectivity index (χ4n) is 5.22. The van der Waals surface area contributed by atoms with Gasteiger partial charge >= 0.3 is 0 Å². The molecule has 2 atom stereocenters. The fraction of sp³-hybridized carbons (Fsp3) is 0.478. The largest absolute Gasteiger partial charge is 0.508 e. The van der Waals surface area contributed by atoms with Gasteiger partial charge in [0.2, 0.25) is 0 Å². The average molecular weight is 335 g/mol. The highest BCUT2D eigenvalue weighted by atomic mass is 16.3. The molecule has 1 aliphatic heterocycles. The van der Waals surface area contributed by atoms with Crippen LogP contribution in [0.2, 0.25) is 0 Å². The van der Waals surface area contributed by atoms with E-state index in [1.54, 1.807) is 0 Å². The molecule has 2 heteroatoms. The third-order valence-electron chi connectivity index (χ3n) is 7.22. The van der Waals surface area contributed by atoms with Gasteiger partial charge in [-0.25, -0.2) is 0 Å². The Hall–Kier alpha value is -1.80. The van der Waals surface area contributed by atoms with Crippen LogP contribution in [0.4, 0.5) is 0 Å². The Morgan fingerprint density at radius 1 is 1.08 bits per heavy atom. The average Bonchev–Trinajstić information content (AvgIpc) is 2.58. The number of fused-ring (bicyclic) bond motifs is 4. The van der Waals surface area contributed by atoms with E-state index in [1.165, 1.54) is 23.1 Å². The SMILES string of the molecule is CC12CCN(CCc3ccccc3)[C@H](Cc3cc(O)ccc31)C2(C)C. The van der Waals surface area contributed by atoms with Crippen molar-refractivity contribution in [3.8, 4) is 5.75 Å². The van der Waals surface area contributed by atoms with Gasteiger partial charge in [-0.3, -0.25) is 4.90 Å². The molecule has 1 fully saturated rings. The van der Waals surface area contributed by atoms with Crippen LogP contribution in [0.1, 0.15) is 43.9 Å². The van der Waals surface area contributed by atoms with Crippen LogP contribution in [0.5, 0.6) is 5.75 Å². The summed E-state index contributed by atoms with van der Waals surface area (Å²) in [5.74, 6) is 0.399. The van der Waals surface area contributed by atoms with Gasteiger partial charge in [-0.1, -0.05) is 57.2 Å². The van der Waals surface area contributed by atoms with E-state index in [2.05, 4.69) is 62.1 Å². The lowest BCUT2D eigenvalue weighted by molar-refractivity contribution is -0.0372. The summed E-state index contributed by atoms with van der Waals surface area (Å²) < 4.78 is 0. The van der Waals surface area contributed by atoms with Crippen molar-refractivity contribution in [3.05, 3.63) is 65.2 Å². The number of hydrogen-bond donors (Lipinski definition) is 1. The summed E-state index contributed by atoms with van der Waals surface area (Å²) in [5, 5.41) is 9.97. The number of aromatic hydroxyl groups is 1. The number of phenolic OH excluding ortho intramolecular Hbond substituents is 1. The van der Waals surface area contributed by atoms with Gasteiger partial charge < -0.3 is 5.11 Å². The second-order valence-corrected chi connectivity index (χ2v) is 8.64. The molecule has 2 nitrogen and oxygen atoms in total. The maximum Gasteiger partial charge on any atom is 0.115 e. The van der Waals surface area contributed by atoms with Crippen LogP contribution in [0.25, 0.3) is 0 Å². The Balaban J connectivity index is 1.63. The number of hydrogen-bond acceptors (Lipinski definition) is 2. The molecule has 0 amide bonds. The highest BCUT2D eigenvalue weighted by molar-refractivity contribution is 5.45. The minimum Gasteiger partial charge on any atom is -0.508 e. The molecule has 2 aliphatic rings. The van der Waals surface area contributed by atoms with E-state index < -0.39 is 0 Å². The Kier molecular flexibility index (Phi) is 3.92. The van der Waals surface area contributed by atoms with Crippen molar-refractivity contribution in [2.45, 2.75) is 51.5 Å². The lowest BCUT2D eigenvalue weighted by Crippen LogP contribution is -2.63. The molecular formula is C23H29NO. The summed E-state index contributed by atoms with van der Waals surface area (Å²) in [6.45, 7) is 9.61. The zero-order chi connectivity index (χ0) is 17.7. The summed E-state index contributed by atoms with van der Waals surface area (Å²) in [6.07, 6.45) is 3.33. The van der Waals surface area contributed by atoms with Crippen molar-refractivity contribution in [1.29, 1.82) is 0 Å². The van der Waals surface area contributed by atoms with Crippen molar-refractivity contribution < 1.29 is 5.11 Å². The maximum absolute atomic E-state index is 9.97. The number of rotatable bonds is 3. The molecule has 2 bridgehead atoms. The molecule has 0 spiro atoms. The van der Waals surface area contributed by atoms with Gasteiger partial charge in [-0.15, -0.1) is 0 Å². The Labute approximate surface area is 151 Å². The Bertz CT molecular complexity index is 767. The fourth-order valence-corrected chi connectivity index (χ4v) is 5.22. The lowest BCUT2D eigenvalue weighted by atomic mass is 9.51. The lowest BCUT2D eigenvalue weighted by Gasteiger charge is -2.61. The van der Waals surface area contributed by atoms with Crippen LogP contribution in [0.3, 0.4) is 0 Å². The molecule has 132 valence electrons. The van der Waals surface area contributed by atoms with Gasteiger partial charge in [-0.05, 0) is 60.0 Å². The smallest absolute Gasteiger partial charge is 0.115 e. The number of phenols is 1. The zero-order valence-electron chi connectivity index (χ0n) is 15.6. The van der Waals surface area contributed by atoms with Crippen molar-refractivity contribution in [1.82, 2.24) is 4.90 Å². The normalized spacial score (nSPS) is 27.7.